The van der Waals surface area contributed by atoms with Crippen LogP contribution in [0, 0.1) is 0 Å². The summed E-state index contributed by atoms with van der Waals surface area (Å²) in [6.07, 6.45) is 1.25. The molecule has 1 aromatic carbocycles. The van der Waals surface area contributed by atoms with E-state index in [1.807, 2.05) is 0 Å². The van der Waals surface area contributed by atoms with Crippen LogP contribution in [0.15, 0.2) is 35.5 Å². The second-order valence-corrected chi connectivity index (χ2v) is 5.58. The minimum atomic E-state index is -3.73. The van der Waals surface area contributed by atoms with E-state index in [1.165, 1.54) is 42.2 Å². The van der Waals surface area contributed by atoms with E-state index in [1.54, 1.807) is 7.05 Å². The molecule has 1 heterocycles. The molecule has 19 heavy (non-hydrogen) atoms. The Morgan fingerprint density at radius 1 is 1.26 bits per heavy atom. The quantitative estimate of drug-likeness (QED) is 0.837. The zero-order valence-corrected chi connectivity index (χ0v) is 11.2. The molecule has 0 spiro atoms. The molecule has 0 bridgehead atoms. The van der Waals surface area contributed by atoms with Gasteiger partial charge in [0.15, 0.2) is 5.78 Å². The number of carbonyl (C=O) groups excluding carboxylic acids is 1. The lowest BCUT2D eigenvalue weighted by Crippen LogP contribution is -2.16. The summed E-state index contributed by atoms with van der Waals surface area (Å²) in [5.74, 6) is 0.000790. The molecule has 2 rings (SSSR count). The van der Waals surface area contributed by atoms with E-state index in [4.69, 9.17) is 0 Å². The molecule has 0 aliphatic heterocycles. The van der Waals surface area contributed by atoms with E-state index in [0.717, 1.165) is 0 Å². The normalized spacial score (nSPS) is 11.3. The summed E-state index contributed by atoms with van der Waals surface area (Å²) in [5, 5.41) is 3.77. The number of rotatable bonds is 4. The minimum Gasteiger partial charge on any atom is -0.295 e. The lowest BCUT2D eigenvalue weighted by atomic mass is 10.2. The first-order chi connectivity index (χ1) is 8.90. The standard InChI is InChI=1S/C11H12N4O3S/c1-8(16)9-3-5-10(6-4-9)19(17,18)14-11-12-7-13-15(11)2/h3-7H,1-2H3,(H,12,13,14). The lowest BCUT2D eigenvalue weighted by Gasteiger charge is -2.07. The van der Waals surface area contributed by atoms with Crippen molar-refractivity contribution < 1.29 is 13.2 Å². The molecule has 7 nitrogen and oxygen atoms in total. The van der Waals surface area contributed by atoms with Gasteiger partial charge in [0.05, 0.1) is 4.90 Å². The highest BCUT2D eigenvalue weighted by molar-refractivity contribution is 7.92. The van der Waals surface area contributed by atoms with Crippen LogP contribution >= 0.6 is 0 Å². The molecule has 100 valence electrons. The van der Waals surface area contributed by atoms with E-state index in [9.17, 15) is 13.2 Å². The highest BCUT2D eigenvalue weighted by Crippen LogP contribution is 2.14. The van der Waals surface area contributed by atoms with Crippen LogP contribution in [0.2, 0.25) is 0 Å². The number of nitrogens with one attached hydrogen (secondary N) is 1. The number of benzene rings is 1. The molecule has 0 fully saturated rings. The molecular formula is C11H12N4O3S. The molecule has 1 N–H and O–H groups in total. The van der Waals surface area contributed by atoms with Crippen molar-refractivity contribution in [1.29, 1.82) is 0 Å². The van der Waals surface area contributed by atoms with Crippen LogP contribution < -0.4 is 4.72 Å². The van der Waals surface area contributed by atoms with Crippen molar-refractivity contribution in [2.24, 2.45) is 7.05 Å². The number of hydrogen-bond acceptors (Lipinski definition) is 5. The Morgan fingerprint density at radius 2 is 1.89 bits per heavy atom. The highest BCUT2D eigenvalue weighted by atomic mass is 32.2. The summed E-state index contributed by atoms with van der Waals surface area (Å²) in [5.41, 5.74) is 0.456. The molecule has 0 aliphatic rings. The Hall–Kier alpha value is -2.22. The van der Waals surface area contributed by atoms with Crippen molar-refractivity contribution in [3.8, 4) is 0 Å². The lowest BCUT2D eigenvalue weighted by molar-refractivity contribution is 0.101. The van der Waals surface area contributed by atoms with E-state index in [2.05, 4.69) is 14.8 Å². The van der Waals surface area contributed by atoms with Crippen LogP contribution in [0.4, 0.5) is 5.95 Å². The number of ketones is 1. The third-order valence-electron chi connectivity index (χ3n) is 2.51. The second kappa shape index (κ2) is 4.81. The first-order valence-electron chi connectivity index (χ1n) is 5.38. The number of carbonyl (C=O) groups is 1. The summed E-state index contributed by atoms with van der Waals surface area (Å²) < 4.78 is 27.7. The molecule has 0 atom stereocenters. The largest absolute Gasteiger partial charge is 0.295 e. The predicted octanol–water partition coefficient (Wildman–Crippen LogP) is 0.818. The summed E-state index contributed by atoms with van der Waals surface area (Å²) >= 11 is 0. The average molecular weight is 280 g/mol. The Bertz CT molecular complexity index is 704. The fourth-order valence-electron chi connectivity index (χ4n) is 1.44. The number of hydrogen-bond donors (Lipinski definition) is 1. The van der Waals surface area contributed by atoms with Crippen LogP contribution in [0.25, 0.3) is 0 Å². The maximum atomic E-state index is 12.1. The monoisotopic (exact) mass is 280 g/mol. The zero-order chi connectivity index (χ0) is 14.0. The molecule has 8 heteroatoms. The maximum Gasteiger partial charge on any atom is 0.264 e. The number of Topliss-reactive ketones (excluding diaryl/α,β-unsaturated/α-hetero) is 1. The van der Waals surface area contributed by atoms with Gasteiger partial charge in [-0.2, -0.15) is 10.1 Å². The molecule has 0 saturated carbocycles. The topological polar surface area (TPSA) is 93.9 Å². The summed E-state index contributed by atoms with van der Waals surface area (Å²) in [7, 11) is -2.16. The molecule has 0 amide bonds. The van der Waals surface area contributed by atoms with Crippen molar-refractivity contribution >= 4 is 21.8 Å². The van der Waals surface area contributed by atoms with Gasteiger partial charge in [0.2, 0.25) is 5.95 Å². The molecule has 0 unspecified atom stereocenters. The van der Waals surface area contributed by atoms with Crippen LogP contribution in [-0.4, -0.2) is 29.0 Å². The van der Waals surface area contributed by atoms with Gasteiger partial charge in [0, 0.05) is 12.6 Å². The van der Waals surface area contributed by atoms with E-state index in [-0.39, 0.29) is 16.6 Å². The van der Waals surface area contributed by atoms with Gasteiger partial charge in [0.25, 0.3) is 10.0 Å². The molecule has 1 aromatic heterocycles. The first kappa shape index (κ1) is 13.2. The number of anilines is 1. The van der Waals surface area contributed by atoms with E-state index >= 15 is 0 Å². The molecule has 0 saturated heterocycles. The Labute approximate surface area is 110 Å². The number of aromatic nitrogens is 3. The van der Waals surface area contributed by atoms with Crippen molar-refractivity contribution in [2.45, 2.75) is 11.8 Å². The fourth-order valence-corrected chi connectivity index (χ4v) is 2.47. The number of nitrogens with zero attached hydrogens (tertiary/aromatic N) is 3. The van der Waals surface area contributed by atoms with Gasteiger partial charge >= 0.3 is 0 Å². The van der Waals surface area contributed by atoms with E-state index < -0.39 is 10.0 Å². The maximum absolute atomic E-state index is 12.1. The average Bonchev–Trinajstić information content (AvgIpc) is 2.74. The Kier molecular flexibility index (Phi) is 3.34. The van der Waals surface area contributed by atoms with Crippen molar-refractivity contribution in [1.82, 2.24) is 14.8 Å². The van der Waals surface area contributed by atoms with Gasteiger partial charge in [-0.25, -0.2) is 17.8 Å². The minimum absolute atomic E-state index is 0.0560. The van der Waals surface area contributed by atoms with Gasteiger partial charge in [-0.1, -0.05) is 12.1 Å². The van der Waals surface area contributed by atoms with E-state index in [0.29, 0.717) is 5.56 Å². The fraction of sp³-hybridized carbons (Fsp3) is 0.182. The summed E-state index contributed by atoms with van der Waals surface area (Å²) in [4.78, 5) is 15.0. The SMILES string of the molecule is CC(=O)c1ccc(S(=O)(=O)Nc2ncnn2C)cc1. The number of aryl methyl sites for hydroxylation is 1. The molecule has 0 radical (unpaired) electrons. The molecule has 2 aromatic rings. The van der Waals surface area contributed by atoms with Gasteiger partial charge in [-0.15, -0.1) is 0 Å². The van der Waals surface area contributed by atoms with Crippen molar-refractivity contribution in [3.05, 3.63) is 36.2 Å². The van der Waals surface area contributed by atoms with Crippen molar-refractivity contribution in [3.63, 3.8) is 0 Å². The van der Waals surface area contributed by atoms with Gasteiger partial charge in [-0.05, 0) is 19.1 Å². The molecular weight excluding hydrogens is 268 g/mol. The third-order valence-corrected chi connectivity index (χ3v) is 3.85. The van der Waals surface area contributed by atoms with Crippen molar-refractivity contribution in [2.75, 3.05) is 4.72 Å². The number of sulfonamides is 1. The van der Waals surface area contributed by atoms with Gasteiger partial charge < -0.3 is 0 Å². The summed E-state index contributed by atoms with van der Waals surface area (Å²) in [6.45, 7) is 1.42. The summed E-state index contributed by atoms with van der Waals surface area (Å²) in [6, 6.07) is 5.67. The zero-order valence-electron chi connectivity index (χ0n) is 10.4. The Morgan fingerprint density at radius 3 is 2.37 bits per heavy atom. The van der Waals surface area contributed by atoms with Crippen LogP contribution in [0.5, 0.6) is 0 Å². The first-order valence-corrected chi connectivity index (χ1v) is 6.86. The van der Waals surface area contributed by atoms with Crippen LogP contribution in [-0.2, 0) is 17.1 Å². The predicted molar refractivity (Wildman–Crippen MR) is 68.3 cm³/mol. The Balaban J connectivity index is 2.29. The third kappa shape index (κ3) is 2.79. The van der Waals surface area contributed by atoms with Gasteiger partial charge in [0.1, 0.15) is 6.33 Å². The van der Waals surface area contributed by atoms with Gasteiger partial charge in [-0.3, -0.25) is 4.79 Å². The molecule has 0 aliphatic carbocycles. The highest BCUT2D eigenvalue weighted by Gasteiger charge is 2.16. The smallest absolute Gasteiger partial charge is 0.264 e. The second-order valence-electron chi connectivity index (χ2n) is 3.89. The van der Waals surface area contributed by atoms with Crippen LogP contribution in [0.3, 0.4) is 0 Å². The van der Waals surface area contributed by atoms with Crippen LogP contribution in [0.1, 0.15) is 17.3 Å².